The Hall–Kier alpha value is -2.50. The minimum atomic E-state index is -0.422. The lowest BCUT2D eigenvalue weighted by atomic mass is 10.2. The molecule has 0 aliphatic heterocycles. The van der Waals surface area contributed by atoms with Gasteiger partial charge in [0.25, 0.3) is 0 Å². The second-order valence-electron chi connectivity index (χ2n) is 5.61. The van der Waals surface area contributed by atoms with Gasteiger partial charge in [0.1, 0.15) is 5.75 Å². The van der Waals surface area contributed by atoms with E-state index in [1.807, 2.05) is 60.7 Å². The molecule has 0 aromatic heterocycles. The maximum Gasteiger partial charge on any atom is 0.336 e. The van der Waals surface area contributed by atoms with Crippen molar-refractivity contribution in [1.29, 1.82) is 0 Å². The number of nitrogens with zero attached hydrogens (tertiary/aromatic N) is 1. The van der Waals surface area contributed by atoms with Gasteiger partial charge in [0.05, 0.1) is 5.69 Å². The summed E-state index contributed by atoms with van der Waals surface area (Å²) in [6.07, 6.45) is 4.89. The van der Waals surface area contributed by atoms with Crippen LogP contribution in [0.2, 0.25) is 0 Å². The summed E-state index contributed by atoms with van der Waals surface area (Å²) in [7, 11) is 0. The number of benzene rings is 3. The molecule has 3 nitrogen and oxygen atoms in total. The molecule has 0 fully saturated rings. The fourth-order valence-electron chi connectivity index (χ4n) is 2.19. The second-order valence-corrected chi connectivity index (χ2v) is 7.44. The molecule has 0 heterocycles. The zero-order chi connectivity index (χ0) is 19.1. The lowest BCUT2D eigenvalue weighted by molar-refractivity contribution is -0.128. The Kier molecular flexibility index (Phi) is 6.74. The minimum Gasteiger partial charge on any atom is -0.423 e. The van der Waals surface area contributed by atoms with Crippen LogP contribution >= 0.6 is 31.9 Å². The zero-order valence-electron chi connectivity index (χ0n) is 14.2. The van der Waals surface area contributed by atoms with Crippen LogP contribution in [-0.2, 0) is 4.79 Å². The Labute approximate surface area is 174 Å². The highest BCUT2D eigenvalue weighted by Gasteiger charge is 2.00. The van der Waals surface area contributed by atoms with Crippen molar-refractivity contribution < 1.29 is 9.53 Å². The monoisotopic (exact) mass is 483 g/mol. The Bertz CT molecular complexity index is 961. The van der Waals surface area contributed by atoms with E-state index in [0.29, 0.717) is 5.75 Å². The molecule has 27 heavy (non-hydrogen) atoms. The summed E-state index contributed by atoms with van der Waals surface area (Å²) in [5.41, 5.74) is 2.71. The van der Waals surface area contributed by atoms with E-state index in [1.165, 1.54) is 6.08 Å². The van der Waals surface area contributed by atoms with Gasteiger partial charge in [-0.2, -0.15) is 0 Å². The Morgan fingerprint density at radius 2 is 1.33 bits per heavy atom. The summed E-state index contributed by atoms with van der Waals surface area (Å²) in [4.78, 5) is 16.3. The van der Waals surface area contributed by atoms with Crippen LogP contribution in [0.5, 0.6) is 5.75 Å². The average Bonchev–Trinajstić information content (AvgIpc) is 2.68. The van der Waals surface area contributed by atoms with Crippen molar-refractivity contribution in [2.45, 2.75) is 0 Å². The maximum atomic E-state index is 11.9. The first-order valence-electron chi connectivity index (χ1n) is 8.14. The molecule has 0 amide bonds. The zero-order valence-corrected chi connectivity index (χ0v) is 17.4. The predicted molar refractivity (Wildman–Crippen MR) is 117 cm³/mol. The molecule has 3 rings (SSSR count). The van der Waals surface area contributed by atoms with Crippen LogP contribution < -0.4 is 4.74 Å². The molecule has 0 spiro atoms. The molecule has 5 heteroatoms. The van der Waals surface area contributed by atoms with Crippen LogP contribution in [0.15, 0.2) is 92.8 Å². The van der Waals surface area contributed by atoms with E-state index in [4.69, 9.17) is 4.74 Å². The third kappa shape index (κ3) is 6.31. The van der Waals surface area contributed by atoms with Crippen LogP contribution in [0.4, 0.5) is 5.69 Å². The molecular formula is C22H15Br2NO2. The van der Waals surface area contributed by atoms with E-state index in [0.717, 1.165) is 25.8 Å². The van der Waals surface area contributed by atoms with Crippen molar-refractivity contribution in [3.05, 3.63) is 98.9 Å². The van der Waals surface area contributed by atoms with Crippen LogP contribution in [0.25, 0.3) is 6.08 Å². The number of ether oxygens (including phenoxy) is 1. The Morgan fingerprint density at radius 1 is 0.778 bits per heavy atom. The van der Waals surface area contributed by atoms with E-state index < -0.39 is 5.97 Å². The first-order chi connectivity index (χ1) is 13.1. The van der Waals surface area contributed by atoms with Crippen LogP contribution in [0.3, 0.4) is 0 Å². The van der Waals surface area contributed by atoms with Gasteiger partial charge in [-0.1, -0.05) is 44.0 Å². The quantitative estimate of drug-likeness (QED) is 0.177. The van der Waals surface area contributed by atoms with Gasteiger partial charge in [0.2, 0.25) is 0 Å². The predicted octanol–water partition coefficient (Wildman–Crippen LogP) is 6.58. The summed E-state index contributed by atoms with van der Waals surface area (Å²) in [5.74, 6) is 0.0652. The highest BCUT2D eigenvalue weighted by Crippen LogP contribution is 2.17. The second kappa shape index (κ2) is 9.44. The summed E-state index contributed by atoms with van der Waals surface area (Å²) in [5, 5.41) is 0. The molecule has 0 bridgehead atoms. The number of hydrogen-bond acceptors (Lipinski definition) is 3. The number of aliphatic imine (C=N–C) groups is 1. The summed E-state index contributed by atoms with van der Waals surface area (Å²) in [6.45, 7) is 0. The third-order valence-electron chi connectivity index (χ3n) is 3.57. The maximum absolute atomic E-state index is 11.9. The van der Waals surface area contributed by atoms with Crippen molar-refractivity contribution >= 4 is 55.8 Å². The van der Waals surface area contributed by atoms with Gasteiger partial charge in [-0.25, -0.2) is 4.79 Å². The highest BCUT2D eigenvalue weighted by molar-refractivity contribution is 9.10. The van der Waals surface area contributed by atoms with Gasteiger partial charge >= 0.3 is 5.97 Å². The third-order valence-corrected chi connectivity index (χ3v) is 4.63. The average molecular weight is 485 g/mol. The highest BCUT2D eigenvalue weighted by atomic mass is 79.9. The van der Waals surface area contributed by atoms with Gasteiger partial charge in [-0.3, -0.25) is 4.99 Å². The lowest BCUT2D eigenvalue weighted by Crippen LogP contribution is -2.03. The van der Waals surface area contributed by atoms with E-state index in [-0.39, 0.29) is 0 Å². The Morgan fingerprint density at radius 3 is 1.96 bits per heavy atom. The van der Waals surface area contributed by atoms with E-state index in [2.05, 4.69) is 36.9 Å². The minimum absolute atomic E-state index is 0.422. The summed E-state index contributed by atoms with van der Waals surface area (Å²) < 4.78 is 7.31. The number of carbonyl (C=O) groups excluding carboxylic acids is 1. The fourth-order valence-corrected chi connectivity index (χ4v) is 2.72. The first kappa shape index (κ1) is 19.3. The molecule has 0 unspecified atom stereocenters. The SMILES string of the molecule is O=C(/C=C/c1ccc(Br)cc1)Oc1ccc(C=Nc2ccc(Br)cc2)cc1. The van der Waals surface area contributed by atoms with Gasteiger partial charge in [0, 0.05) is 21.2 Å². The number of hydrogen-bond donors (Lipinski definition) is 0. The van der Waals surface area contributed by atoms with Gasteiger partial charge in [-0.05, 0) is 77.9 Å². The van der Waals surface area contributed by atoms with Crippen LogP contribution in [0, 0.1) is 0 Å². The molecular weight excluding hydrogens is 470 g/mol. The van der Waals surface area contributed by atoms with Crippen LogP contribution in [-0.4, -0.2) is 12.2 Å². The van der Waals surface area contributed by atoms with E-state index in [9.17, 15) is 4.79 Å². The molecule has 0 aliphatic carbocycles. The topological polar surface area (TPSA) is 38.7 Å². The number of esters is 1. The van der Waals surface area contributed by atoms with Crippen molar-refractivity contribution in [3.63, 3.8) is 0 Å². The normalized spacial score (nSPS) is 11.2. The van der Waals surface area contributed by atoms with Crippen molar-refractivity contribution in [2.24, 2.45) is 4.99 Å². The molecule has 0 saturated carbocycles. The number of rotatable bonds is 5. The molecule has 3 aromatic carbocycles. The van der Waals surface area contributed by atoms with E-state index >= 15 is 0 Å². The molecule has 0 radical (unpaired) electrons. The first-order valence-corrected chi connectivity index (χ1v) is 9.72. The fraction of sp³-hybridized carbons (Fsp3) is 0. The van der Waals surface area contributed by atoms with Gasteiger partial charge in [-0.15, -0.1) is 0 Å². The van der Waals surface area contributed by atoms with Crippen LogP contribution in [0.1, 0.15) is 11.1 Å². The van der Waals surface area contributed by atoms with Crippen molar-refractivity contribution in [2.75, 3.05) is 0 Å². The smallest absolute Gasteiger partial charge is 0.336 e. The molecule has 0 atom stereocenters. The molecule has 0 saturated heterocycles. The van der Waals surface area contributed by atoms with Crippen molar-refractivity contribution in [1.82, 2.24) is 0 Å². The largest absolute Gasteiger partial charge is 0.423 e. The summed E-state index contributed by atoms with van der Waals surface area (Å²) >= 11 is 6.77. The number of halogens is 2. The molecule has 0 N–H and O–H groups in total. The number of carbonyl (C=O) groups is 1. The standard InChI is InChI=1S/C22H15Br2NO2/c23-18-6-1-16(2-7-18)5-14-22(26)27-21-12-3-17(4-13-21)15-25-20-10-8-19(24)9-11-20/h1-15H/b14-5+,25-15?. The molecule has 0 aliphatic rings. The molecule has 134 valence electrons. The lowest BCUT2D eigenvalue weighted by Gasteiger charge is -2.02. The van der Waals surface area contributed by atoms with E-state index in [1.54, 1.807) is 24.4 Å². The van der Waals surface area contributed by atoms with Crippen molar-refractivity contribution in [3.8, 4) is 5.75 Å². The molecule has 3 aromatic rings. The van der Waals surface area contributed by atoms with Gasteiger partial charge in [0.15, 0.2) is 0 Å². The summed E-state index contributed by atoms with van der Waals surface area (Å²) in [6, 6.07) is 22.6. The Balaban J connectivity index is 1.57. The van der Waals surface area contributed by atoms with Gasteiger partial charge < -0.3 is 4.74 Å².